The summed E-state index contributed by atoms with van der Waals surface area (Å²) in [5, 5.41) is 5.77. The van der Waals surface area contributed by atoms with Crippen molar-refractivity contribution < 1.29 is 19.1 Å². The predicted molar refractivity (Wildman–Crippen MR) is 140 cm³/mol. The maximum atomic E-state index is 13.9. The van der Waals surface area contributed by atoms with E-state index in [1.165, 1.54) is 4.90 Å². The van der Waals surface area contributed by atoms with E-state index in [-0.39, 0.29) is 23.8 Å². The van der Waals surface area contributed by atoms with Crippen molar-refractivity contribution in [1.29, 1.82) is 0 Å². The minimum Gasteiger partial charge on any atom is -0.444 e. The van der Waals surface area contributed by atoms with Gasteiger partial charge in [-0.25, -0.2) is 4.79 Å². The topological polar surface area (TPSA) is 87.7 Å². The molecule has 0 aliphatic heterocycles. The Bertz CT molecular complexity index is 898. The molecule has 0 saturated carbocycles. The van der Waals surface area contributed by atoms with Crippen LogP contribution in [0.2, 0.25) is 0 Å². The van der Waals surface area contributed by atoms with E-state index in [9.17, 15) is 14.4 Å². The summed E-state index contributed by atoms with van der Waals surface area (Å²) in [5.74, 6) is 1.76. The van der Waals surface area contributed by atoms with E-state index in [2.05, 4.69) is 23.5 Å². The zero-order valence-corrected chi connectivity index (χ0v) is 22.6. The third kappa shape index (κ3) is 9.28. The summed E-state index contributed by atoms with van der Waals surface area (Å²) >= 11 is 0. The number of benzene rings is 1. The number of amides is 3. The number of alkyl carbamates (subject to hydrolysis) is 1. The van der Waals surface area contributed by atoms with Crippen LogP contribution in [-0.2, 0) is 14.3 Å². The molecule has 7 nitrogen and oxygen atoms in total. The third-order valence-corrected chi connectivity index (χ3v) is 5.43. The van der Waals surface area contributed by atoms with Gasteiger partial charge < -0.3 is 20.3 Å². The monoisotopic (exact) mass is 485 g/mol. The lowest BCUT2D eigenvalue weighted by Crippen LogP contribution is -2.55. The van der Waals surface area contributed by atoms with Crippen LogP contribution in [0.4, 0.5) is 4.79 Å². The molecule has 0 bridgehead atoms. The molecule has 35 heavy (non-hydrogen) atoms. The zero-order chi connectivity index (χ0) is 26.8. The van der Waals surface area contributed by atoms with Crippen molar-refractivity contribution in [1.82, 2.24) is 15.5 Å². The van der Waals surface area contributed by atoms with E-state index in [0.717, 1.165) is 12.8 Å². The fourth-order valence-corrected chi connectivity index (χ4v) is 3.88. The fourth-order valence-electron chi connectivity index (χ4n) is 3.88. The Hall–Kier alpha value is -3.01. The van der Waals surface area contributed by atoms with E-state index < -0.39 is 23.8 Å². The zero-order valence-electron chi connectivity index (χ0n) is 22.6. The molecule has 0 fully saturated rings. The number of nitrogens with one attached hydrogen (secondary N) is 2. The van der Waals surface area contributed by atoms with E-state index in [1.807, 2.05) is 27.7 Å². The molecule has 2 N–H and O–H groups in total. The number of terminal acetylenes is 1. The lowest BCUT2D eigenvalue weighted by Gasteiger charge is -2.36. The van der Waals surface area contributed by atoms with Gasteiger partial charge in [0.15, 0.2) is 0 Å². The van der Waals surface area contributed by atoms with E-state index in [1.54, 1.807) is 45.0 Å². The normalized spacial score (nSPS) is 13.8. The summed E-state index contributed by atoms with van der Waals surface area (Å²) in [6.45, 7) is 15.2. The molecule has 1 aromatic carbocycles. The van der Waals surface area contributed by atoms with Gasteiger partial charge in [-0.3, -0.25) is 9.59 Å². The summed E-state index contributed by atoms with van der Waals surface area (Å²) in [5.41, 5.74) is 0.421. The van der Waals surface area contributed by atoms with Crippen molar-refractivity contribution in [3.8, 4) is 12.3 Å². The van der Waals surface area contributed by atoms with Gasteiger partial charge in [-0.05, 0) is 58.1 Å². The molecule has 0 aromatic heterocycles. The Morgan fingerprint density at radius 2 is 1.69 bits per heavy atom. The lowest BCUT2D eigenvalue weighted by molar-refractivity contribution is -0.143. The van der Waals surface area contributed by atoms with E-state index >= 15 is 0 Å². The number of hydrogen-bond acceptors (Lipinski definition) is 4. The Balaban J connectivity index is 3.50. The highest BCUT2D eigenvalue weighted by molar-refractivity contribution is 5.92. The van der Waals surface area contributed by atoms with Gasteiger partial charge >= 0.3 is 6.09 Å². The van der Waals surface area contributed by atoms with Crippen LogP contribution in [0.1, 0.15) is 91.8 Å². The average molecular weight is 486 g/mol. The van der Waals surface area contributed by atoms with Crippen molar-refractivity contribution in [2.45, 2.75) is 98.4 Å². The average Bonchev–Trinajstić information content (AvgIpc) is 2.75. The Labute approximate surface area is 211 Å². The summed E-state index contributed by atoms with van der Waals surface area (Å²) < 4.78 is 5.39. The van der Waals surface area contributed by atoms with Gasteiger partial charge in [0.05, 0.1) is 0 Å². The molecular weight excluding hydrogens is 442 g/mol. The number of ether oxygens (including phenoxy) is 1. The van der Waals surface area contributed by atoms with Gasteiger partial charge in [-0.15, -0.1) is 6.42 Å². The first-order valence-electron chi connectivity index (χ1n) is 12.5. The number of hydrogen-bond donors (Lipinski definition) is 2. The molecule has 0 aliphatic rings. The number of carbonyl (C=O) groups is 3. The molecule has 1 rings (SSSR count). The number of rotatable bonds is 11. The molecule has 1 aromatic rings. The maximum Gasteiger partial charge on any atom is 0.408 e. The first-order chi connectivity index (χ1) is 16.4. The summed E-state index contributed by atoms with van der Waals surface area (Å²) in [6.07, 6.45) is 7.43. The van der Waals surface area contributed by atoms with Crippen molar-refractivity contribution in [2.75, 3.05) is 6.54 Å². The van der Waals surface area contributed by atoms with Gasteiger partial charge in [-0.1, -0.05) is 58.2 Å². The highest BCUT2D eigenvalue weighted by Gasteiger charge is 2.38. The molecule has 194 valence electrons. The number of carbonyl (C=O) groups excluding carboxylic acids is 3. The SMILES string of the molecule is C#Cc1ccccc1C(C(=O)NC(C)CCC)N(CCC)C(=O)C(NC(=O)OC(C)(C)C)C(C)C. The Morgan fingerprint density at radius 3 is 2.20 bits per heavy atom. The molecular formula is C28H43N3O4. The Morgan fingerprint density at radius 1 is 1.06 bits per heavy atom. The van der Waals surface area contributed by atoms with Crippen molar-refractivity contribution in [2.24, 2.45) is 5.92 Å². The van der Waals surface area contributed by atoms with Crippen LogP contribution in [-0.4, -0.2) is 47.0 Å². The second-order valence-corrected chi connectivity index (χ2v) is 10.2. The van der Waals surface area contributed by atoms with Gasteiger partial charge in [-0.2, -0.15) is 0 Å². The van der Waals surface area contributed by atoms with Crippen LogP contribution in [0.5, 0.6) is 0 Å². The van der Waals surface area contributed by atoms with Crippen LogP contribution in [0.25, 0.3) is 0 Å². The van der Waals surface area contributed by atoms with Crippen LogP contribution in [0, 0.1) is 18.3 Å². The van der Waals surface area contributed by atoms with Crippen LogP contribution in [0.3, 0.4) is 0 Å². The molecule has 3 unspecified atom stereocenters. The minimum absolute atomic E-state index is 0.0626. The van der Waals surface area contributed by atoms with Gasteiger partial charge in [0.25, 0.3) is 0 Å². The quantitative estimate of drug-likeness (QED) is 0.441. The fraction of sp³-hybridized carbons (Fsp3) is 0.607. The Kier molecular flexibility index (Phi) is 11.8. The minimum atomic E-state index is -0.935. The van der Waals surface area contributed by atoms with E-state index in [0.29, 0.717) is 24.1 Å². The van der Waals surface area contributed by atoms with Gasteiger partial charge in [0.1, 0.15) is 17.7 Å². The molecule has 0 heterocycles. The van der Waals surface area contributed by atoms with Crippen molar-refractivity contribution in [3.63, 3.8) is 0 Å². The smallest absolute Gasteiger partial charge is 0.408 e. The summed E-state index contributed by atoms with van der Waals surface area (Å²) in [4.78, 5) is 41.6. The summed E-state index contributed by atoms with van der Waals surface area (Å²) in [6, 6.07) is 5.28. The van der Waals surface area contributed by atoms with Gasteiger partial charge in [0, 0.05) is 18.2 Å². The van der Waals surface area contributed by atoms with Gasteiger partial charge in [0.2, 0.25) is 11.8 Å². The highest BCUT2D eigenvalue weighted by Crippen LogP contribution is 2.27. The molecule has 0 aliphatic carbocycles. The third-order valence-electron chi connectivity index (χ3n) is 5.43. The summed E-state index contributed by atoms with van der Waals surface area (Å²) in [7, 11) is 0. The van der Waals surface area contributed by atoms with Crippen molar-refractivity contribution >= 4 is 17.9 Å². The molecule has 3 atom stereocenters. The van der Waals surface area contributed by atoms with Crippen LogP contribution >= 0.6 is 0 Å². The molecule has 0 saturated heterocycles. The van der Waals surface area contributed by atoms with Crippen molar-refractivity contribution in [3.05, 3.63) is 35.4 Å². The molecule has 3 amide bonds. The van der Waals surface area contributed by atoms with E-state index in [4.69, 9.17) is 11.2 Å². The number of nitrogens with zero attached hydrogens (tertiary/aromatic N) is 1. The molecule has 0 spiro atoms. The second kappa shape index (κ2) is 13.8. The lowest BCUT2D eigenvalue weighted by atomic mass is 9.95. The van der Waals surface area contributed by atoms with Crippen LogP contribution < -0.4 is 10.6 Å². The first kappa shape index (κ1) is 30.0. The molecule has 0 radical (unpaired) electrons. The highest BCUT2D eigenvalue weighted by atomic mass is 16.6. The largest absolute Gasteiger partial charge is 0.444 e. The standard InChI is InChI=1S/C28H43N3O4/c1-10-15-20(6)29-25(32)24(22-17-14-13-16-21(22)12-3)31(18-11-2)26(33)23(19(4)5)30-27(34)35-28(7,8)9/h3,13-14,16-17,19-20,23-24H,10-11,15,18H2,1-2,4-9H3,(H,29,32)(H,30,34). The molecule has 7 heteroatoms. The maximum absolute atomic E-state index is 13.9. The first-order valence-corrected chi connectivity index (χ1v) is 12.5. The van der Waals surface area contributed by atoms with Crippen LogP contribution in [0.15, 0.2) is 24.3 Å². The second-order valence-electron chi connectivity index (χ2n) is 10.2. The predicted octanol–water partition coefficient (Wildman–Crippen LogP) is 4.80.